The number of ether oxygens (including phenoxy) is 2. The third-order valence-corrected chi connectivity index (χ3v) is 8.02. The number of halogens is 3. The Labute approximate surface area is 232 Å². The maximum Gasteiger partial charge on any atom is 0.260 e. The molecule has 4 heterocycles. The summed E-state index contributed by atoms with van der Waals surface area (Å²) in [6.45, 7) is 3.50. The quantitative estimate of drug-likeness (QED) is 0.450. The van der Waals surface area contributed by atoms with Crippen LogP contribution in [0, 0.1) is 6.92 Å². The van der Waals surface area contributed by atoms with Gasteiger partial charge in [0.05, 0.1) is 26.0 Å². The molecule has 39 heavy (non-hydrogen) atoms. The van der Waals surface area contributed by atoms with Crippen LogP contribution in [0.25, 0.3) is 11.3 Å². The molecule has 3 aliphatic rings. The summed E-state index contributed by atoms with van der Waals surface area (Å²) in [5.74, 6) is 1.69. The van der Waals surface area contributed by atoms with Crippen molar-refractivity contribution in [3.8, 4) is 22.8 Å². The van der Waals surface area contributed by atoms with Gasteiger partial charge in [-0.2, -0.15) is 5.10 Å². The van der Waals surface area contributed by atoms with Crippen LogP contribution in [-0.4, -0.2) is 66.4 Å². The van der Waals surface area contributed by atoms with Crippen LogP contribution >= 0.6 is 12.4 Å². The fourth-order valence-electron chi connectivity index (χ4n) is 6.02. The number of benzene rings is 2. The van der Waals surface area contributed by atoms with Crippen molar-refractivity contribution >= 4 is 24.1 Å². The van der Waals surface area contributed by atoms with Gasteiger partial charge in [-0.05, 0) is 55.2 Å². The molecule has 0 radical (unpaired) electrons. The number of carbonyl (C=O) groups excluding carboxylic acids is 1. The molecule has 2 fully saturated rings. The van der Waals surface area contributed by atoms with Crippen molar-refractivity contribution < 1.29 is 23.0 Å². The number of rotatable bonds is 6. The second-order valence-corrected chi connectivity index (χ2v) is 10.3. The summed E-state index contributed by atoms with van der Waals surface area (Å²) >= 11 is 0. The Morgan fingerprint density at radius 2 is 1.87 bits per heavy atom. The van der Waals surface area contributed by atoms with Gasteiger partial charge < -0.3 is 25.0 Å². The first-order chi connectivity index (χ1) is 18.4. The van der Waals surface area contributed by atoms with Crippen LogP contribution in [-0.2, 0) is 0 Å². The summed E-state index contributed by atoms with van der Waals surface area (Å²) in [6.07, 6.45) is -1.41. The Bertz CT molecular complexity index is 1380. The van der Waals surface area contributed by atoms with E-state index in [0.29, 0.717) is 34.6 Å². The molecule has 2 saturated heterocycles. The Morgan fingerprint density at radius 1 is 1.08 bits per heavy atom. The summed E-state index contributed by atoms with van der Waals surface area (Å²) in [4.78, 5) is 15.1. The Hall–Kier alpha value is -3.37. The van der Waals surface area contributed by atoms with E-state index in [1.807, 2.05) is 42.2 Å². The lowest BCUT2D eigenvalue weighted by Crippen LogP contribution is -2.46. The number of hydrogen-bond donors (Lipinski definition) is 2. The number of piperazine rings is 1. The van der Waals surface area contributed by atoms with Gasteiger partial charge in [-0.25, -0.2) is 13.5 Å². The molecule has 0 saturated carbocycles. The lowest BCUT2D eigenvalue weighted by Gasteiger charge is -2.32. The maximum atomic E-state index is 14.2. The number of alkyl halides is 2. The number of nitrogens with zero attached hydrogens (tertiary/aromatic N) is 3. The maximum absolute atomic E-state index is 14.2. The third-order valence-electron chi connectivity index (χ3n) is 8.02. The Balaban J connectivity index is 0.00000308. The van der Waals surface area contributed by atoms with Gasteiger partial charge in [-0.15, -0.1) is 12.4 Å². The number of anilines is 1. The molecule has 0 aliphatic carbocycles. The monoisotopic (exact) mass is 559 g/mol. The van der Waals surface area contributed by atoms with Crippen molar-refractivity contribution in [1.29, 1.82) is 0 Å². The molecule has 3 aliphatic heterocycles. The van der Waals surface area contributed by atoms with Crippen LogP contribution in [0.15, 0.2) is 42.5 Å². The summed E-state index contributed by atoms with van der Waals surface area (Å²) in [7, 11) is 3.11. The molecule has 6 rings (SSSR count). The van der Waals surface area contributed by atoms with Crippen molar-refractivity contribution in [2.45, 2.75) is 50.4 Å². The molecule has 1 aromatic heterocycles. The van der Waals surface area contributed by atoms with Gasteiger partial charge in [0, 0.05) is 42.4 Å². The summed E-state index contributed by atoms with van der Waals surface area (Å²) in [5.41, 5.74) is 3.74. The number of hydrogen-bond acceptors (Lipinski definition) is 6. The predicted octanol–water partition coefficient (Wildman–Crippen LogP) is 4.85. The van der Waals surface area contributed by atoms with Gasteiger partial charge in [0.25, 0.3) is 12.3 Å². The van der Waals surface area contributed by atoms with Gasteiger partial charge in [0.15, 0.2) is 11.5 Å². The zero-order valence-corrected chi connectivity index (χ0v) is 22.8. The zero-order chi connectivity index (χ0) is 26.6. The number of nitrogens with one attached hydrogen (secondary N) is 2. The van der Waals surface area contributed by atoms with E-state index in [2.05, 4.69) is 15.7 Å². The molecule has 2 bridgehead atoms. The molecular weight excluding hydrogens is 528 g/mol. The topological polar surface area (TPSA) is 80.7 Å². The number of carbonyl (C=O) groups is 1. The average Bonchev–Trinajstić information content (AvgIpc) is 3.67. The van der Waals surface area contributed by atoms with E-state index in [1.165, 1.54) is 4.68 Å². The standard InChI is InChI=1S/C28H31F2N5O3.ClH/c1-15-8-17(28(36)34-14-18-10-19(34)13-31-18)4-6-20(15)22-12-26-32-21(11-23(27(29)30)35(26)33-22)16-5-7-24(37-2)25(9-16)38-3;/h4-9,12,18-19,21,23,27,31-32H,10-11,13-14H2,1-3H3;1H/t18-,19-,21?,23?;/m0./s1. The molecule has 3 aromatic rings. The number of aryl methyl sites for hydroxylation is 1. The smallest absolute Gasteiger partial charge is 0.260 e. The first-order valence-electron chi connectivity index (χ1n) is 12.9. The van der Waals surface area contributed by atoms with Crippen molar-refractivity contribution in [3.63, 3.8) is 0 Å². The fraction of sp³-hybridized carbons (Fsp3) is 0.429. The van der Waals surface area contributed by atoms with E-state index in [1.54, 1.807) is 26.4 Å². The lowest BCUT2D eigenvalue weighted by atomic mass is 9.97. The zero-order valence-electron chi connectivity index (χ0n) is 22.0. The normalized spacial score (nSPS) is 23.3. The van der Waals surface area contributed by atoms with Crippen LogP contribution in [0.1, 0.15) is 46.4 Å². The largest absolute Gasteiger partial charge is 0.493 e. The van der Waals surface area contributed by atoms with Gasteiger partial charge >= 0.3 is 0 Å². The van der Waals surface area contributed by atoms with Gasteiger partial charge in [0.1, 0.15) is 11.9 Å². The van der Waals surface area contributed by atoms with Crippen molar-refractivity contribution in [1.82, 2.24) is 20.0 Å². The average molecular weight is 560 g/mol. The third kappa shape index (κ3) is 4.80. The van der Waals surface area contributed by atoms with Crippen LogP contribution < -0.4 is 20.1 Å². The molecular formula is C28H32ClF2N5O3. The number of aromatic nitrogens is 2. The van der Waals surface area contributed by atoms with Crippen LogP contribution in [0.3, 0.4) is 0 Å². The number of amides is 1. The lowest BCUT2D eigenvalue weighted by molar-refractivity contribution is 0.0659. The van der Waals surface area contributed by atoms with Gasteiger partial charge in [-0.3, -0.25) is 4.79 Å². The molecule has 11 heteroatoms. The minimum absolute atomic E-state index is 0. The first kappa shape index (κ1) is 27.2. The summed E-state index contributed by atoms with van der Waals surface area (Å²) in [6, 6.07) is 12.0. The van der Waals surface area contributed by atoms with Gasteiger partial charge in [-0.1, -0.05) is 12.1 Å². The molecule has 2 unspecified atom stereocenters. The first-order valence-corrected chi connectivity index (χ1v) is 12.9. The van der Waals surface area contributed by atoms with E-state index in [4.69, 9.17) is 9.47 Å². The van der Waals surface area contributed by atoms with E-state index in [9.17, 15) is 13.6 Å². The Morgan fingerprint density at radius 3 is 2.51 bits per heavy atom. The van der Waals surface area contributed by atoms with Crippen LogP contribution in [0.2, 0.25) is 0 Å². The molecule has 8 nitrogen and oxygen atoms in total. The highest BCUT2D eigenvalue weighted by Gasteiger charge is 2.40. The molecule has 208 valence electrons. The predicted molar refractivity (Wildman–Crippen MR) is 146 cm³/mol. The van der Waals surface area contributed by atoms with E-state index in [0.717, 1.165) is 36.2 Å². The molecule has 4 atom stereocenters. The van der Waals surface area contributed by atoms with Gasteiger partial charge in [0.2, 0.25) is 0 Å². The fourth-order valence-corrected chi connectivity index (χ4v) is 6.02. The summed E-state index contributed by atoms with van der Waals surface area (Å²) < 4.78 is 40.6. The molecule has 1 amide bonds. The molecule has 2 aromatic carbocycles. The SMILES string of the molecule is COc1ccc(C2CC(C(F)F)n3nc(-c4ccc(C(=O)N5C[C@@H]6C[C@H]5CN6)cc4C)cc3N2)cc1OC.Cl. The highest BCUT2D eigenvalue weighted by atomic mass is 35.5. The molecule has 2 N–H and O–H groups in total. The second-order valence-electron chi connectivity index (χ2n) is 10.3. The van der Waals surface area contributed by atoms with E-state index < -0.39 is 12.5 Å². The van der Waals surface area contributed by atoms with Crippen molar-refractivity contribution in [2.75, 3.05) is 32.6 Å². The minimum Gasteiger partial charge on any atom is -0.493 e. The number of methoxy groups -OCH3 is 2. The van der Waals surface area contributed by atoms with Crippen molar-refractivity contribution in [3.05, 3.63) is 59.2 Å². The number of likely N-dealkylation sites (tertiary alicyclic amines) is 1. The molecule has 0 spiro atoms. The van der Waals surface area contributed by atoms with E-state index >= 15 is 0 Å². The van der Waals surface area contributed by atoms with Crippen LogP contribution in [0.4, 0.5) is 14.6 Å². The minimum atomic E-state index is -2.59. The van der Waals surface area contributed by atoms with Crippen molar-refractivity contribution in [2.24, 2.45) is 0 Å². The Kier molecular flexibility index (Phi) is 7.43. The van der Waals surface area contributed by atoms with Crippen LogP contribution in [0.5, 0.6) is 11.5 Å². The highest BCUT2D eigenvalue weighted by molar-refractivity contribution is 5.95. The summed E-state index contributed by atoms with van der Waals surface area (Å²) in [5, 5.41) is 11.4. The highest BCUT2D eigenvalue weighted by Crippen LogP contribution is 2.42. The number of fused-ring (bicyclic) bond motifs is 3. The second kappa shape index (κ2) is 10.7. The van der Waals surface area contributed by atoms with E-state index in [-0.39, 0.29) is 36.8 Å².